The molecule has 4 heteroatoms. The van der Waals surface area contributed by atoms with E-state index >= 15 is 0 Å². The first-order valence-corrected chi connectivity index (χ1v) is 8.72. The molecule has 0 aromatic carbocycles. The van der Waals surface area contributed by atoms with Crippen LogP contribution in [-0.2, 0) is 11.2 Å². The lowest BCUT2D eigenvalue weighted by Gasteiger charge is -2.21. The Hall–Kier alpha value is -2.23. The number of carbonyl (C=O) groups is 1. The zero-order valence-electron chi connectivity index (χ0n) is 14.5. The Morgan fingerprint density at radius 1 is 1.33 bits per heavy atom. The Balaban J connectivity index is 1.77. The zero-order chi connectivity index (χ0) is 17.2. The van der Waals surface area contributed by atoms with Crippen molar-refractivity contribution < 1.29 is 4.79 Å². The number of amides is 1. The maximum atomic E-state index is 12.0. The molecular formula is C20H27N3O. The Kier molecular flexibility index (Phi) is 7.40. The summed E-state index contributed by atoms with van der Waals surface area (Å²) in [6.45, 7) is 3.91. The molecule has 0 atom stereocenters. The summed E-state index contributed by atoms with van der Waals surface area (Å²) in [7, 11) is 1.84. The number of allylic oxidation sites excluding steroid dienone is 2. The highest BCUT2D eigenvalue weighted by Crippen LogP contribution is 2.25. The number of carbonyl (C=O) groups excluding carboxylic acids is 1. The van der Waals surface area contributed by atoms with E-state index in [2.05, 4.69) is 21.9 Å². The molecule has 1 heterocycles. The monoisotopic (exact) mass is 325 g/mol. The minimum atomic E-state index is -0.0389. The first-order chi connectivity index (χ1) is 11.7. The summed E-state index contributed by atoms with van der Waals surface area (Å²) in [6, 6.07) is 5.73. The van der Waals surface area contributed by atoms with Crippen molar-refractivity contribution in [1.29, 1.82) is 0 Å². The summed E-state index contributed by atoms with van der Waals surface area (Å²) in [4.78, 5) is 20.6. The topological polar surface area (TPSA) is 54.4 Å². The normalized spacial score (nSPS) is 16.3. The zero-order valence-corrected chi connectivity index (χ0v) is 14.5. The highest BCUT2D eigenvalue weighted by atomic mass is 16.1. The lowest BCUT2D eigenvalue weighted by atomic mass is 9.85. The van der Waals surface area contributed by atoms with Gasteiger partial charge in [0.05, 0.1) is 0 Å². The standard InChI is InChI=1S/C20H27N3O/c1-16(11-13-19(21-2)17-8-4-3-5-9-17)23-20(24)14-12-18-10-6-7-15-22-18/h6-7,10-11,13,15,17H,1,3-5,8-9,12,14H2,2H3,(H,23,24)/b13-11-,21-19?. The molecule has 1 fully saturated rings. The number of pyridine rings is 1. The molecule has 1 N–H and O–H groups in total. The van der Waals surface area contributed by atoms with Crippen LogP contribution in [0.2, 0.25) is 0 Å². The molecule has 1 aliphatic rings. The molecule has 24 heavy (non-hydrogen) atoms. The number of rotatable bonds is 7. The number of aromatic nitrogens is 1. The summed E-state index contributed by atoms with van der Waals surface area (Å²) in [5.74, 6) is 0.510. The van der Waals surface area contributed by atoms with Crippen LogP contribution in [0.3, 0.4) is 0 Å². The minimum Gasteiger partial charge on any atom is -0.327 e. The Morgan fingerprint density at radius 2 is 2.12 bits per heavy atom. The summed E-state index contributed by atoms with van der Waals surface area (Å²) < 4.78 is 0. The number of hydrogen-bond acceptors (Lipinski definition) is 3. The van der Waals surface area contributed by atoms with Gasteiger partial charge in [-0.2, -0.15) is 0 Å². The minimum absolute atomic E-state index is 0.0389. The average molecular weight is 325 g/mol. The predicted octanol–water partition coefficient (Wildman–Crippen LogP) is 3.85. The van der Waals surface area contributed by atoms with Crippen LogP contribution in [-0.4, -0.2) is 23.7 Å². The molecule has 0 bridgehead atoms. The van der Waals surface area contributed by atoms with E-state index in [1.165, 1.54) is 32.1 Å². The van der Waals surface area contributed by atoms with Crippen molar-refractivity contribution in [2.24, 2.45) is 10.9 Å². The van der Waals surface area contributed by atoms with Gasteiger partial charge in [0.2, 0.25) is 5.91 Å². The van der Waals surface area contributed by atoms with Crippen LogP contribution in [0.15, 0.2) is 53.8 Å². The SMILES string of the molecule is C=C(/C=C\C(=NC)C1CCCCC1)NC(=O)CCc1ccccn1. The van der Waals surface area contributed by atoms with Crippen molar-refractivity contribution in [3.63, 3.8) is 0 Å². The second-order valence-electron chi connectivity index (χ2n) is 6.21. The smallest absolute Gasteiger partial charge is 0.224 e. The molecular weight excluding hydrogens is 298 g/mol. The number of nitrogens with zero attached hydrogens (tertiary/aromatic N) is 2. The van der Waals surface area contributed by atoms with Crippen LogP contribution in [0.4, 0.5) is 0 Å². The fourth-order valence-electron chi connectivity index (χ4n) is 3.05. The van der Waals surface area contributed by atoms with Gasteiger partial charge in [0, 0.05) is 42.7 Å². The predicted molar refractivity (Wildman–Crippen MR) is 98.9 cm³/mol. The van der Waals surface area contributed by atoms with Crippen LogP contribution in [0.25, 0.3) is 0 Å². The van der Waals surface area contributed by atoms with Gasteiger partial charge in [-0.15, -0.1) is 0 Å². The van der Waals surface area contributed by atoms with E-state index in [1.54, 1.807) is 6.20 Å². The van der Waals surface area contributed by atoms with Gasteiger partial charge in [-0.3, -0.25) is 14.8 Å². The molecule has 0 unspecified atom stereocenters. The lowest BCUT2D eigenvalue weighted by molar-refractivity contribution is -0.120. The molecule has 128 valence electrons. The highest BCUT2D eigenvalue weighted by molar-refractivity contribution is 5.97. The summed E-state index contributed by atoms with van der Waals surface area (Å²) in [5, 5.41) is 2.83. The largest absolute Gasteiger partial charge is 0.327 e. The van der Waals surface area contributed by atoms with E-state index in [4.69, 9.17) is 0 Å². The number of aryl methyl sites for hydroxylation is 1. The maximum absolute atomic E-state index is 12.0. The molecule has 0 spiro atoms. The van der Waals surface area contributed by atoms with Gasteiger partial charge in [0.1, 0.15) is 0 Å². The average Bonchev–Trinajstić information content (AvgIpc) is 2.62. The van der Waals surface area contributed by atoms with E-state index in [1.807, 2.05) is 37.4 Å². The maximum Gasteiger partial charge on any atom is 0.224 e. The Bertz CT molecular complexity index is 599. The van der Waals surface area contributed by atoms with E-state index in [0.717, 1.165) is 11.4 Å². The summed E-state index contributed by atoms with van der Waals surface area (Å²) in [5.41, 5.74) is 2.64. The Labute approximate surface area is 144 Å². The molecule has 4 nitrogen and oxygen atoms in total. The number of aliphatic imine (C=N–C) groups is 1. The lowest BCUT2D eigenvalue weighted by Crippen LogP contribution is -2.22. The van der Waals surface area contributed by atoms with Gasteiger partial charge in [-0.1, -0.05) is 31.9 Å². The van der Waals surface area contributed by atoms with Gasteiger partial charge >= 0.3 is 0 Å². The van der Waals surface area contributed by atoms with Crippen LogP contribution in [0.1, 0.15) is 44.2 Å². The van der Waals surface area contributed by atoms with Crippen molar-refractivity contribution in [1.82, 2.24) is 10.3 Å². The molecule has 1 aromatic heterocycles. The molecule has 0 aliphatic heterocycles. The third kappa shape index (κ3) is 6.11. The second kappa shape index (κ2) is 9.81. The van der Waals surface area contributed by atoms with Crippen molar-refractivity contribution in [2.45, 2.75) is 44.9 Å². The number of hydrogen-bond donors (Lipinski definition) is 1. The first-order valence-electron chi connectivity index (χ1n) is 8.72. The van der Waals surface area contributed by atoms with Gasteiger partial charge in [0.15, 0.2) is 0 Å². The molecule has 1 amide bonds. The van der Waals surface area contributed by atoms with Gasteiger partial charge in [-0.25, -0.2) is 0 Å². The summed E-state index contributed by atoms with van der Waals surface area (Å²) in [6.07, 6.45) is 12.9. The van der Waals surface area contributed by atoms with Crippen molar-refractivity contribution >= 4 is 11.6 Å². The quantitative estimate of drug-likeness (QED) is 0.611. The molecule has 0 saturated heterocycles. The van der Waals surface area contributed by atoms with E-state index in [9.17, 15) is 4.79 Å². The summed E-state index contributed by atoms with van der Waals surface area (Å²) >= 11 is 0. The van der Waals surface area contributed by atoms with Gasteiger partial charge in [0.25, 0.3) is 0 Å². The van der Waals surface area contributed by atoms with E-state index < -0.39 is 0 Å². The van der Waals surface area contributed by atoms with Crippen LogP contribution < -0.4 is 5.32 Å². The molecule has 1 aromatic rings. The van der Waals surface area contributed by atoms with Gasteiger partial charge < -0.3 is 5.32 Å². The molecule has 2 rings (SSSR count). The molecule has 1 aliphatic carbocycles. The second-order valence-corrected chi connectivity index (χ2v) is 6.21. The van der Waals surface area contributed by atoms with Crippen molar-refractivity contribution in [3.05, 3.63) is 54.5 Å². The van der Waals surface area contributed by atoms with Crippen LogP contribution in [0.5, 0.6) is 0 Å². The van der Waals surface area contributed by atoms with E-state index in [-0.39, 0.29) is 5.91 Å². The van der Waals surface area contributed by atoms with Crippen LogP contribution >= 0.6 is 0 Å². The fourth-order valence-corrected chi connectivity index (χ4v) is 3.05. The first kappa shape index (κ1) is 18.1. The van der Waals surface area contributed by atoms with Crippen molar-refractivity contribution in [2.75, 3.05) is 7.05 Å². The Morgan fingerprint density at radius 3 is 2.79 bits per heavy atom. The molecule has 1 saturated carbocycles. The molecule has 0 radical (unpaired) electrons. The highest BCUT2D eigenvalue weighted by Gasteiger charge is 2.16. The number of nitrogens with one attached hydrogen (secondary N) is 1. The van der Waals surface area contributed by atoms with Gasteiger partial charge in [-0.05, 0) is 43.5 Å². The van der Waals surface area contributed by atoms with E-state index in [0.29, 0.717) is 24.5 Å². The van der Waals surface area contributed by atoms with Crippen molar-refractivity contribution in [3.8, 4) is 0 Å². The van der Waals surface area contributed by atoms with Crippen LogP contribution in [0, 0.1) is 5.92 Å². The third-order valence-electron chi connectivity index (χ3n) is 4.37. The fraction of sp³-hybridized carbons (Fsp3) is 0.450. The third-order valence-corrected chi connectivity index (χ3v) is 4.37.